The Hall–Kier alpha value is -0.0400. The van der Waals surface area contributed by atoms with Crippen LogP contribution < -0.4 is 0 Å². The molecule has 0 bridgehead atoms. The van der Waals surface area contributed by atoms with E-state index in [1.165, 1.54) is 25.9 Å². The lowest BCUT2D eigenvalue weighted by atomic mass is 10.2. The van der Waals surface area contributed by atoms with Gasteiger partial charge in [0.25, 0.3) is 0 Å². The van der Waals surface area contributed by atoms with Gasteiger partial charge in [0.05, 0.1) is 0 Å². The highest BCUT2D eigenvalue weighted by molar-refractivity contribution is 4.76. The highest BCUT2D eigenvalue weighted by Gasteiger charge is 2.22. The molecular weight excluding hydrogens is 170 g/mol. The van der Waals surface area contributed by atoms with E-state index in [1.807, 2.05) is 27.7 Å². The highest BCUT2D eigenvalue weighted by Crippen LogP contribution is 2.29. The average molecular weight is 201 g/mol. The summed E-state index contributed by atoms with van der Waals surface area (Å²) in [5.74, 6) is 1.87. The minimum Gasteiger partial charge on any atom is -0.306 e. The van der Waals surface area contributed by atoms with Crippen molar-refractivity contribution in [2.24, 2.45) is 11.8 Å². The van der Waals surface area contributed by atoms with Crippen LogP contribution in [0.5, 0.6) is 0 Å². The second-order valence-electron chi connectivity index (χ2n) is 4.06. The number of hydrogen-bond donors (Lipinski definition) is 0. The number of hydrogen-bond acceptors (Lipinski definition) is 1. The van der Waals surface area contributed by atoms with Crippen LogP contribution in [0.2, 0.25) is 0 Å². The summed E-state index contributed by atoms with van der Waals surface area (Å²) in [5, 5.41) is 0. The van der Waals surface area contributed by atoms with Gasteiger partial charge in [-0.2, -0.15) is 0 Å². The van der Waals surface area contributed by atoms with Crippen LogP contribution in [0.3, 0.4) is 0 Å². The largest absolute Gasteiger partial charge is 0.306 e. The minimum atomic E-state index is 0.823. The molecule has 0 saturated heterocycles. The van der Waals surface area contributed by atoms with Gasteiger partial charge in [-0.3, -0.25) is 0 Å². The molecule has 0 amide bonds. The zero-order valence-corrected chi connectivity index (χ0v) is 11.4. The lowest BCUT2D eigenvalue weighted by Crippen LogP contribution is -2.25. The molecule has 0 aromatic rings. The van der Waals surface area contributed by atoms with Crippen molar-refractivity contribution >= 4 is 0 Å². The number of rotatable bonds is 4. The normalized spacial score (nSPS) is 14.4. The molecule has 0 heterocycles. The fourth-order valence-electron chi connectivity index (χ4n) is 1.44. The molecule has 0 spiro atoms. The molecule has 1 aliphatic rings. The monoisotopic (exact) mass is 201 g/mol. The zero-order valence-electron chi connectivity index (χ0n) is 11.4. The highest BCUT2D eigenvalue weighted by atomic mass is 15.1. The quantitative estimate of drug-likeness (QED) is 0.663. The molecular formula is C13H31N. The Morgan fingerprint density at radius 2 is 1.50 bits per heavy atom. The Morgan fingerprint density at radius 1 is 1.07 bits per heavy atom. The molecule has 1 heteroatoms. The first kappa shape index (κ1) is 16.4. The molecule has 0 unspecified atom stereocenters. The van der Waals surface area contributed by atoms with Crippen molar-refractivity contribution in [2.75, 3.05) is 20.1 Å². The SMILES string of the molecule is CC.CC.CC(C)CN(C)CC1CC1. The fourth-order valence-corrected chi connectivity index (χ4v) is 1.44. The molecule has 0 radical (unpaired) electrons. The van der Waals surface area contributed by atoms with Crippen LogP contribution >= 0.6 is 0 Å². The first-order chi connectivity index (χ1) is 6.68. The van der Waals surface area contributed by atoms with Crippen molar-refractivity contribution in [3.8, 4) is 0 Å². The van der Waals surface area contributed by atoms with E-state index < -0.39 is 0 Å². The maximum atomic E-state index is 2.46. The summed E-state index contributed by atoms with van der Waals surface area (Å²) >= 11 is 0. The summed E-state index contributed by atoms with van der Waals surface area (Å²) < 4.78 is 0. The van der Waals surface area contributed by atoms with E-state index in [0.29, 0.717) is 0 Å². The average Bonchev–Trinajstić information content (AvgIpc) is 2.94. The molecule has 1 saturated carbocycles. The minimum absolute atomic E-state index is 0.823. The van der Waals surface area contributed by atoms with Gasteiger partial charge in [-0.15, -0.1) is 0 Å². The Labute approximate surface area is 91.9 Å². The van der Waals surface area contributed by atoms with Crippen molar-refractivity contribution in [1.29, 1.82) is 0 Å². The van der Waals surface area contributed by atoms with Crippen LogP contribution in [-0.4, -0.2) is 25.0 Å². The second-order valence-corrected chi connectivity index (χ2v) is 4.06. The molecule has 1 nitrogen and oxygen atoms in total. The van der Waals surface area contributed by atoms with Crippen molar-refractivity contribution in [1.82, 2.24) is 4.90 Å². The van der Waals surface area contributed by atoms with Crippen molar-refractivity contribution in [3.05, 3.63) is 0 Å². The van der Waals surface area contributed by atoms with E-state index >= 15 is 0 Å². The predicted octanol–water partition coefficient (Wildman–Crippen LogP) is 4.04. The van der Waals surface area contributed by atoms with E-state index in [4.69, 9.17) is 0 Å². The van der Waals surface area contributed by atoms with Crippen molar-refractivity contribution < 1.29 is 0 Å². The van der Waals surface area contributed by atoms with Crippen LogP contribution in [0.15, 0.2) is 0 Å². The maximum absolute atomic E-state index is 2.46. The van der Waals surface area contributed by atoms with Gasteiger partial charge in [0, 0.05) is 13.1 Å². The van der Waals surface area contributed by atoms with Gasteiger partial charge in [-0.1, -0.05) is 41.5 Å². The molecule has 1 rings (SSSR count). The van der Waals surface area contributed by atoms with Gasteiger partial charge in [0.15, 0.2) is 0 Å². The van der Waals surface area contributed by atoms with Crippen LogP contribution in [0.25, 0.3) is 0 Å². The van der Waals surface area contributed by atoms with Gasteiger partial charge in [-0.05, 0) is 31.7 Å². The van der Waals surface area contributed by atoms with E-state index in [1.54, 1.807) is 0 Å². The molecule has 0 atom stereocenters. The Balaban J connectivity index is 0. The fraction of sp³-hybridized carbons (Fsp3) is 1.00. The van der Waals surface area contributed by atoms with Crippen LogP contribution in [0.4, 0.5) is 0 Å². The summed E-state index contributed by atoms with van der Waals surface area (Å²) in [7, 11) is 2.23. The predicted molar refractivity (Wildman–Crippen MR) is 67.8 cm³/mol. The first-order valence-electron chi connectivity index (χ1n) is 6.37. The molecule has 1 fully saturated rings. The maximum Gasteiger partial charge on any atom is 0.000672 e. The molecule has 0 aliphatic heterocycles. The first-order valence-corrected chi connectivity index (χ1v) is 6.37. The summed E-state index contributed by atoms with van der Waals surface area (Å²) in [6, 6.07) is 0. The van der Waals surface area contributed by atoms with Crippen molar-refractivity contribution in [3.63, 3.8) is 0 Å². The Bertz CT molecular complexity index is 91.4. The molecule has 0 aromatic carbocycles. The van der Waals surface area contributed by atoms with Gasteiger partial charge in [-0.25, -0.2) is 0 Å². The third kappa shape index (κ3) is 12.0. The van der Waals surface area contributed by atoms with Gasteiger partial charge in [0.2, 0.25) is 0 Å². The van der Waals surface area contributed by atoms with Crippen LogP contribution in [0.1, 0.15) is 54.4 Å². The smallest absolute Gasteiger partial charge is 0.000672 e. The molecule has 88 valence electrons. The van der Waals surface area contributed by atoms with Crippen molar-refractivity contribution in [2.45, 2.75) is 54.4 Å². The van der Waals surface area contributed by atoms with Gasteiger partial charge < -0.3 is 4.90 Å². The van der Waals surface area contributed by atoms with Gasteiger partial charge in [0.1, 0.15) is 0 Å². The summed E-state index contributed by atoms with van der Waals surface area (Å²) in [6.07, 6.45) is 2.95. The van der Waals surface area contributed by atoms with Crippen LogP contribution in [0, 0.1) is 11.8 Å². The Morgan fingerprint density at radius 3 is 1.79 bits per heavy atom. The lowest BCUT2D eigenvalue weighted by Gasteiger charge is -2.17. The van der Waals surface area contributed by atoms with E-state index in [0.717, 1.165) is 11.8 Å². The van der Waals surface area contributed by atoms with E-state index in [-0.39, 0.29) is 0 Å². The Kier molecular flexibility index (Phi) is 12.9. The zero-order chi connectivity index (χ0) is 11.6. The summed E-state index contributed by atoms with van der Waals surface area (Å²) in [6.45, 7) is 15.2. The topological polar surface area (TPSA) is 3.24 Å². The van der Waals surface area contributed by atoms with E-state index in [9.17, 15) is 0 Å². The molecule has 0 N–H and O–H groups in total. The van der Waals surface area contributed by atoms with Crippen LogP contribution in [-0.2, 0) is 0 Å². The number of nitrogens with zero attached hydrogens (tertiary/aromatic N) is 1. The molecule has 1 aliphatic carbocycles. The summed E-state index contributed by atoms with van der Waals surface area (Å²) in [4.78, 5) is 2.46. The summed E-state index contributed by atoms with van der Waals surface area (Å²) in [5.41, 5.74) is 0. The van der Waals surface area contributed by atoms with E-state index in [2.05, 4.69) is 25.8 Å². The third-order valence-corrected chi connectivity index (χ3v) is 1.94. The molecule has 14 heavy (non-hydrogen) atoms. The second kappa shape index (κ2) is 11.0. The van der Waals surface area contributed by atoms with Gasteiger partial charge >= 0.3 is 0 Å². The third-order valence-electron chi connectivity index (χ3n) is 1.94. The lowest BCUT2D eigenvalue weighted by molar-refractivity contribution is 0.285. The standard InChI is InChI=1S/C9H19N.2C2H6/c1-8(2)6-10(3)7-9-4-5-9;2*1-2/h8-9H,4-7H2,1-3H3;2*1-2H3. The molecule has 0 aromatic heterocycles.